The molecule has 0 unspecified atom stereocenters. The molecule has 0 bridgehead atoms. The normalized spacial score (nSPS) is 10.5. The van der Waals surface area contributed by atoms with Crippen LogP contribution >= 0.6 is 0 Å². The van der Waals surface area contributed by atoms with Crippen molar-refractivity contribution in [3.63, 3.8) is 0 Å². The van der Waals surface area contributed by atoms with Crippen LogP contribution in [0.15, 0.2) is 72.8 Å². The zero-order chi connectivity index (χ0) is 15.4. The Morgan fingerprint density at radius 2 is 1.59 bits per heavy atom. The molecule has 0 N–H and O–H groups in total. The van der Waals surface area contributed by atoms with Crippen LogP contribution in [0.3, 0.4) is 0 Å². The zero-order valence-corrected chi connectivity index (χ0v) is 12.4. The molecule has 0 saturated carbocycles. The molecule has 0 aliphatic heterocycles. The second-order valence-corrected chi connectivity index (χ2v) is 5.28. The van der Waals surface area contributed by atoms with Gasteiger partial charge in [0.2, 0.25) is 0 Å². The number of halogens is 1. The summed E-state index contributed by atoms with van der Waals surface area (Å²) in [6, 6.07) is 22.7. The van der Waals surface area contributed by atoms with Gasteiger partial charge in [-0.2, -0.15) is 0 Å². The third kappa shape index (κ3) is 3.34. The third-order valence-electron chi connectivity index (χ3n) is 3.55. The highest BCUT2D eigenvalue weighted by molar-refractivity contribution is 5.65. The fraction of sp³-hybridized carbons (Fsp3) is 0.100. The van der Waals surface area contributed by atoms with Gasteiger partial charge in [-0.1, -0.05) is 60.2 Å². The molecule has 2 heteroatoms. The zero-order valence-electron chi connectivity index (χ0n) is 12.4. The van der Waals surface area contributed by atoms with Crippen LogP contribution in [0.1, 0.15) is 11.1 Å². The Morgan fingerprint density at radius 3 is 2.27 bits per heavy atom. The van der Waals surface area contributed by atoms with Crippen molar-refractivity contribution in [1.82, 2.24) is 0 Å². The van der Waals surface area contributed by atoms with Gasteiger partial charge in [-0.25, -0.2) is 4.39 Å². The van der Waals surface area contributed by atoms with Crippen LogP contribution < -0.4 is 4.74 Å². The smallest absolute Gasteiger partial charge is 0.134 e. The molecular formula is C20H17FO. The third-order valence-corrected chi connectivity index (χ3v) is 3.55. The van der Waals surface area contributed by atoms with E-state index in [1.165, 1.54) is 6.07 Å². The summed E-state index contributed by atoms with van der Waals surface area (Å²) in [5, 5.41) is 0. The van der Waals surface area contributed by atoms with Crippen molar-refractivity contribution < 1.29 is 9.13 Å². The van der Waals surface area contributed by atoms with E-state index in [9.17, 15) is 4.39 Å². The number of aryl methyl sites for hydroxylation is 1. The molecule has 0 aromatic heterocycles. The summed E-state index contributed by atoms with van der Waals surface area (Å²) in [6.07, 6.45) is 0. The van der Waals surface area contributed by atoms with Gasteiger partial charge in [-0.15, -0.1) is 0 Å². The van der Waals surface area contributed by atoms with Gasteiger partial charge in [-0.05, 0) is 30.2 Å². The predicted molar refractivity (Wildman–Crippen MR) is 87.3 cm³/mol. The number of benzene rings is 3. The Hall–Kier alpha value is -2.61. The highest BCUT2D eigenvalue weighted by Crippen LogP contribution is 2.26. The van der Waals surface area contributed by atoms with Gasteiger partial charge in [0.05, 0.1) is 0 Å². The maximum absolute atomic E-state index is 14.3. The molecule has 0 fully saturated rings. The van der Waals surface area contributed by atoms with Crippen molar-refractivity contribution in [2.45, 2.75) is 13.5 Å². The van der Waals surface area contributed by atoms with E-state index < -0.39 is 0 Å². The average molecular weight is 292 g/mol. The van der Waals surface area contributed by atoms with Crippen LogP contribution in [0.2, 0.25) is 0 Å². The lowest BCUT2D eigenvalue weighted by Crippen LogP contribution is -1.96. The number of hydrogen-bond donors (Lipinski definition) is 0. The van der Waals surface area contributed by atoms with Gasteiger partial charge >= 0.3 is 0 Å². The van der Waals surface area contributed by atoms with Crippen molar-refractivity contribution in [2.24, 2.45) is 0 Å². The molecule has 1 nitrogen and oxygen atoms in total. The van der Waals surface area contributed by atoms with Gasteiger partial charge in [0.25, 0.3) is 0 Å². The first-order valence-electron chi connectivity index (χ1n) is 7.26. The number of rotatable bonds is 4. The maximum atomic E-state index is 14.3. The van der Waals surface area contributed by atoms with Crippen molar-refractivity contribution in [1.29, 1.82) is 0 Å². The summed E-state index contributed by atoms with van der Waals surface area (Å²) in [6.45, 7) is 2.45. The van der Waals surface area contributed by atoms with E-state index in [0.717, 1.165) is 16.7 Å². The molecule has 0 saturated heterocycles. The van der Waals surface area contributed by atoms with Crippen LogP contribution in [-0.2, 0) is 6.61 Å². The van der Waals surface area contributed by atoms with Gasteiger partial charge in [-0.3, -0.25) is 0 Å². The van der Waals surface area contributed by atoms with Gasteiger partial charge in [0, 0.05) is 11.6 Å². The molecule has 3 aromatic rings. The summed E-state index contributed by atoms with van der Waals surface area (Å²) in [4.78, 5) is 0. The molecule has 3 aromatic carbocycles. The molecule has 0 aliphatic rings. The fourth-order valence-corrected chi connectivity index (χ4v) is 2.29. The lowest BCUT2D eigenvalue weighted by atomic mass is 10.0. The molecular weight excluding hydrogens is 275 g/mol. The van der Waals surface area contributed by atoms with E-state index in [0.29, 0.717) is 17.9 Å². The van der Waals surface area contributed by atoms with Crippen LogP contribution in [-0.4, -0.2) is 0 Å². The number of hydrogen-bond acceptors (Lipinski definition) is 1. The molecule has 110 valence electrons. The fourth-order valence-electron chi connectivity index (χ4n) is 2.29. The predicted octanol–water partition coefficient (Wildman–Crippen LogP) is 5.38. The van der Waals surface area contributed by atoms with Gasteiger partial charge < -0.3 is 4.74 Å². The van der Waals surface area contributed by atoms with E-state index >= 15 is 0 Å². The highest BCUT2D eigenvalue weighted by atomic mass is 19.1. The second kappa shape index (κ2) is 6.44. The Bertz CT molecular complexity index is 748. The summed E-state index contributed by atoms with van der Waals surface area (Å²) >= 11 is 0. The standard InChI is InChI=1S/C20H17FO/c1-15-7-9-17(10-8-15)19-12-11-18(13-20(19)21)22-14-16-5-3-2-4-6-16/h2-13H,14H2,1H3. The maximum Gasteiger partial charge on any atom is 0.134 e. The Balaban J connectivity index is 1.76. The van der Waals surface area contributed by atoms with E-state index in [4.69, 9.17) is 4.74 Å². The molecule has 3 rings (SSSR count). The molecule has 0 heterocycles. The summed E-state index contributed by atoms with van der Waals surface area (Å²) in [5.74, 6) is 0.270. The second-order valence-electron chi connectivity index (χ2n) is 5.28. The Kier molecular flexibility index (Phi) is 4.19. The first-order valence-corrected chi connectivity index (χ1v) is 7.26. The minimum absolute atomic E-state index is 0.269. The SMILES string of the molecule is Cc1ccc(-c2ccc(OCc3ccccc3)cc2F)cc1. The van der Waals surface area contributed by atoms with Crippen LogP contribution in [0.4, 0.5) is 4.39 Å². The van der Waals surface area contributed by atoms with Crippen molar-refractivity contribution in [3.8, 4) is 16.9 Å². The lowest BCUT2D eigenvalue weighted by Gasteiger charge is -2.09. The largest absolute Gasteiger partial charge is 0.489 e. The first-order chi connectivity index (χ1) is 10.7. The molecule has 0 amide bonds. The summed E-state index contributed by atoms with van der Waals surface area (Å²) < 4.78 is 19.9. The quantitative estimate of drug-likeness (QED) is 0.627. The highest BCUT2D eigenvalue weighted by Gasteiger charge is 2.07. The van der Waals surface area contributed by atoms with Gasteiger partial charge in [0.1, 0.15) is 18.2 Å². The van der Waals surface area contributed by atoms with E-state index in [1.807, 2.05) is 61.5 Å². The minimum atomic E-state index is -0.269. The first kappa shape index (κ1) is 14.3. The summed E-state index contributed by atoms with van der Waals surface area (Å²) in [7, 11) is 0. The Labute approximate surface area is 130 Å². The average Bonchev–Trinajstić information content (AvgIpc) is 2.55. The van der Waals surface area contributed by atoms with Crippen molar-refractivity contribution in [3.05, 3.63) is 89.7 Å². The minimum Gasteiger partial charge on any atom is -0.489 e. The van der Waals surface area contributed by atoms with Crippen LogP contribution in [0.25, 0.3) is 11.1 Å². The monoisotopic (exact) mass is 292 g/mol. The Morgan fingerprint density at radius 1 is 0.864 bits per heavy atom. The van der Waals surface area contributed by atoms with Crippen LogP contribution in [0.5, 0.6) is 5.75 Å². The number of ether oxygens (including phenoxy) is 1. The van der Waals surface area contributed by atoms with Crippen molar-refractivity contribution in [2.75, 3.05) is 0 Å². The van der Waals surface area contributed by atoms with E-state index in [-0.39, 0.29) is 5.82 Å². The molecule has 0 aliphatic carbocycles. The molecule has 0 spiro atoms. The molecule has 0 atom stereocenters. The van der Waals surface area contributed by atoms with Gasteiger partial charge in [0.15, 0.2) is 0 Å². The summed E-state index contributed by atoms with van der Waals surface area (Å²) in [5.41, 5.74) is 3.68. The van der Waals surface area contributed by atoms with E-state index in [2.05, 4.69) is 0 Å². The lowest BCUT2D eigenvalue weighted by molar-refractivity contribution is 0.304. The van der Waals surface area contributed by atoms with Crippen molar-refractivity contribution >= 4 is 0 Å². The molecule has 0 radical (unpaired) electrons. The molecule has 22 heavy (non-hydrogen) atoms. The van der Waals surface area contributed by atoms with E-state index in [1.54, 1.807) is 12.1 Å². The van der Waals surface area contributed by atoms with Crippen LogP contribution in [0, 0.1) is 12.7 Å². The topological polar surface area (TPSA) is 9.23 Å².